The summed E-state index contributed by atoms with van der Waals surface area (Å²) in [6.07, 6.45) is 4.94. The maximum atomic E-state index is 7.11. The van der Waals surface area contributed by atoms with Crippen LogP contribution in [-0.2, 0) is 0 Å². The monoisotopic (exact) mass is 84.1 g/mol. The summed E-state index contributed by atoms with van der Waals surface area (Å²) in [6.45, 7) is 0.818. The van der Waals surface area contributed by atoms with Crippen LogP contribution in [0.4, 0.5) is 0 Å². The molecule has 0 aromatic rings. The molecule has 0 amide bonds. The van der Waals surface area contributed by atoms with E-state index < -0.39 is 0 Å². The molecule has 1 nitrogen and oxygen atoms in total. The second-order valence-electron chi connectivity index (χ2n) is 1.32. The largest absolute Gasteiger partial charge is 0.313 e. The van der Waals surface area contributed by atoms with Gasteiger partial charge in [0.15, 0.2) is 0 Å². The molecule has 1 rings (SSSR count). The highest BCUT2D eigenvalue weighted by Crippen LogP contribution is 1.84. The van der Waals surface area contributed by atoms with E-state index in [4.69, 9.17) is 1.37 Å². The molecule has 1 N–H and O–H groups in total. The molecule has 0 aliphatic carbocycles. The molecule has 1 unspecified atom stereocenters. The molecule has 0 aromatic heterocycles. The number of rotatable bonds is 0. The first kappa shape index (κ1) is 2.80. The van der Waals surface area contributed by atoms with Crippen LogP contribution >= 0.6 is 0 Å². The van der Waals surface area contributed by atoms with Gasteiger partial charge in [0.1, 0.15) is 0 Å². The Bertz CT molecular complexity index is 80.1. The Morgan fingerprint density at radius 2 is 2.67 bits per heavy atom. The second-order valence-corrected chi connectivity index (χ2v) is 1.32. The Labute approximate surface area is 39.5 Å². The smallest absolute Gasteiger partial charge is 0.0431 e. The third-order valence-electron chi connectivity index (χ3n) is 0.801. The van der Waals surface area contributed by atoms with Gasteiger partial charge in [-0.3, -0.25) is 0 Å². The Hall–Kier alpha value is -0.300. The Kier molecular flexibility index (Phi) is 0.926. The van der Waals surface area contributed by atoms with E-state index in [1.807, 2.05) is 12.2 Å². The Morgan fingerprint density at radius 1 is 1.67 bits per heavy atom. The van der Waals surface area contributed by atoms with E-state index in [1.165, 1.54) is 0 Å². The molecule has 6 heavy (non-hydrogen) atoms. The SMILES string of the molecule is [2H]C1CC=CCN1. The molecule has 0 spiro atoms. The number of nitrogens with one attached hydrogen (secondary N) is 1. The van der Waals surface area contributed by atoms with Crippen LogP contribution in [0.25, 0.3) is 0 Å². The van der Waals surface area contributed by atoms with E-state index in [0.29, 0.717) is 0 Å². The molecule has 0 fully saturated rings. The van der Waals surface area contributed by atoms with Gasteiger partial charge in [-0.25, -0.2) is 0 Å². The zero-order chi connectivity index (χ0) is 5.11. The van der Waals surface area contributed by atoms with Gasteiger partial charge in [0.05, 0.1) is 0 Å². The van der Waals surface area contributed by atoms with Gasteiger partial charge >= 0.3 is 0 Å². The van der Waals surface area contributed by atoms with E-state index in [1.54, 1.807) is 0 Å². The molecule has 0 saturated heterocycles. The molecule has 0 bridgehead atoms. The molecular formula is C5H9N. The van der Waals surface area contributed by atoms with Gasteiger partial charge in [-0.05, 0) is 12.9 Å². The van der Waals surface area contributed by atoms with E-state index in [-0.39, 0.29) is 6.52 Å². The summed E-state index contributed by atoms with van der Waals surface area (Å²) < 4.78 is 7.11. The van der Waals surface area contributed by atoms with Crippen LogP contribution in [0.2, 0.25) is 0 Å². The first-order valence-corrected chi connectivity index (χ1v) is 2.20. The van der Waals surface area contributed by atoms with Gasteiger partial charge < -0.3 is 5.32 Å². The predicted molar refractivity (Wildman–Crippen MR) is 26.6 cm³/mol. The van der Waals surface area contributed by atoms with Crippen LogP contribution < -0.4 is 5.32 Å². The zero-order valence-corrected chi connectivity index (χ0v) is 3.65. The molecule has 1 heteroatoms. The van der Waals surface area contributed by atoms with Crippen molar-refractivity contribution in [3.63, 3.8) is 0 Å². The molecule has 1 atom stereocenters. The third-order valence-corrected chi connectivity index (χ3v) is 0.801. The third kappa shape index (κ3) is 0.830. The summed E-state index contributed by atoms with van der Waals surface area (Å²) in [6, 6.07) is 0. The van der Waals surface area contributed by atoms with E-state index >= 15 is 0 Å². The van der Waals surface area contributed by atoms with Gasteiger partial charge in [-0.1, -0.05) is 12.2 Å². The van der Waals surface area contributed by atoms with Crippen LogP contribution in [-0.4, -0.2) is 13.1 Å². The lowest BCUT2D eigenvalue weighted by Gasteiger charge is -2.01. The fourth-order valence-corrected chi connectivity index (χ4v) is 0.482. The van der Waals surface area contributed by atoms with Crippen molar-refractivity contribution < 1.29 is 1.37 Å². The minimum Gasteiger partial charge on any atom is -0.313 e. The van der Waals surface area contributed by atoms with Gasteiger partial charge in [-0.15, -0.1) is 0 Å². The van der Waals surface area contributed by atoms with Crippen molar-refractivity contribution in [1.29, 1.82) is 0 Å². The first-order chi connectivity index (χ1) is 3.39. The average molecular weight is 84.1 g/mol. The van der Waals surface area contributed by atoms with Crippen molar-refractivity contribution in [2.45, 2.75) is 6.42 Å². The summed E-state index contributed by atoms with van der Waals surface area (Å²) in [5.41, 5.74) is 0. The van der Waals surface area contributed by atoms with Gasteiger partial charge in [0, 0.05) is 7.92 Å². The molecule has 0 saturated carbocycles. The first-order valence-electron chi connectivity index (χ1n) is 2.78. The molecule has 1 heterocycles. The fourth-order valence-electron chi connectivity index (χ4n) is 0.482. The molecule has 0 aromatic carbocycles. The highest BCUT2D eigenvalue weighted by atomic mass is 14.8. The lowest BCUT2D eigenvalue weighted by atomic mass is 10.3. The zero-order valence-electron chi connectivity index (χ0n) is 4.65. The summed E-state index contributed by atoms with van der Waals surface area (Å²) in [7, 11) is 0. The minimum absolute atomic E-state index is 0.0509. The van der Waals surface area contributed by atoms with Crippen molar-refractivity contribution in [3.8, 4) is 0 Å². The normalized spacial score (nSPS) is 36.0. The van der Waals surface area contributed by atoms with Crippen molar-refractivity contribution in [1.82, 2.24) is 5.32 Å². The lowest BCUT2D eigenvalue weighted by Crippen LogP contribution is -2.17. The predicted octanol–water partition coefficient (Wildman–Crippen LogP) is 0.536. The van der Waals surface area contributed by atoms with E-state index in [9.17, 15) is 0 Å². The summed E-state index contributed by atoms with van der Waals surface area (Å²) >= 11 is 0. The number of hydrogen-bond donors (Lipinski definition) is 1. The van der Waals surface area contributed by atoms with Crippen molar-refractivity contribution in [2.75, 3.05) is 13.1 Å². The molecule has 0 radical (unpaired) electrons. The lowest BCUT2D eigenvalue weighted by molar-refractivity contribution is 0.728. The van der Waals surface area contributed by atoms with Gasteiger partial charge in [0.25, 0.3) is 0 Å². The van der Waals surface area contributed by atoms with Crippen molar-refractivity contribution in [2.24, 2.45) is 0 Å². The Balaban J connectivity index is 2.32. The van der Waals surface area contributed by atoms with Gasteiger partial charge in [0.2, 0.25) is 0 Å². The average Bonchev–Trinajstić information content (AvgIpc) is 1.69. The van der Waals surface area contributed by atoms with Crippen LogP contribution in [0, 0.1) is 0 Å². The molecule has 1 aliphatic heterocycles. The highest BCUT2D eigenvalue weighted by molar-refractivity contribution is 4.88. The van der Waals surface area contributed by atoms with Crippen molar-refractivity contribution >= 4 is 0 Å². The number of hydrogen-bond acceptors (Lipinski definition) is 1. The summed E-state index contributed by atoms with van der Waals surface area (Å²) in [5.74, 6) is 0. The van der Waals surface area contributed by atoms with Crippen LogP contribution in [0.1, 0.15) is 7.79 Å². The van der Waals surface area contributed by atoms with E-state index in [2.05, 4.69) is 5.32 Å². The Morgan fingerprint density at radius 3 is 3.00 bits per heavy atom. The highest BCUT2D eigenvalue weighted by Gasteiger charge is 1.84. The molecular weight excluding hydrogens is 74.1 g/mol. The van der Waals surface area contributed by atoms with Crippen LogP contribution in [0.15, 0.2) is 12.2 Å². The maximum absolute atomic E-state index is 7.11. The van der Waals surface area contributed by atoms with Crippen LogP contribution in [0.3, 0.4) is 0 Å². The standard InChI is InChI=1S/C5H9N/c1-2-4-6-5-3-1/h1-2,6H,3-5H2/i5D. The van der Waals surface area contributed by atoms with E-state index in [0.717, 1.165) is 13.0 Å². The quantitative estimate of drug-likeness (QED) is 0.422. The molecule has 34 valence electrons. The molecule has 1 aliphatic rings. The topological polar surface area (TPSA) is 12.0 Å². The maximum Gasteiger partial charge on any atom is 0.0431 e. The van der Waals surface area contributed by atoms with Crippen molar-refractivity contribution in [3.05, 3.63) is 12.2 Å². The fraction of sp³-hybridized carbons (Fsp3) is 0.600. The summed E-state index contributed by atoms with van der Waals surface area (Å²) in [4.78, 5) is 0. The van der Waals surface area contributed by atoms with Gasteiger partial charge in [-0.2, -0.15) is 0 Å². The second kappa shape index (κ2) is 1.98. The minimum atomic E-state index is -0.0509. The summed E-state index contributed by atoms with van der Waals surface area (Å²) in [5, 5.41) is 2.96. The van der Waals surface area contributed by atoms with Crippen LogP contribution in [0.5, 0.6) is 0 Å².